The molecule has 4 unspecified atom stereocenters. The Morgan fingerprint density at radius 1 is 1.09 bits per heavy atom. The number of hydrogen-bond donors (Lipinski definition) is 1. The Balaban J connectivity index is 1.43. The minimum Gasteiger partial charge on any atom is -0.497 e. The van der Waals surface area contributed by atoms with Crippen LogP contribution in [0.3, 0.4) is 0 Å². The highest BCUT2D eigenvalue weighted by atomic mass is 19.3. The average Bonchev–Trinajstić information content (AvgIpc) is 3.49. The number of nitrogens with one attached hydrogen (secondary N) is 1. The van der Waals surface area contributed by atoms with Crippen molar-refractivity contribution in [2.45, 2.75) is 95.6 Å². The first kappa shape index (κ1) is 33.2. The van der Waals surface area contributed by atoms with E-state index >= 15 is 0 Å². The van der Waals surface area contributed by atoms with E-state index in [2.05, 4.69) is 5.32 Å². The van der Waals surface area contributed by atoms with E-state index in [-0.39, 0.29) is 49.6 Å². The molecule has 0 spiro atoms. The number of likely N-dealkylation sites (tertiary alicyclic amines) is 1. The fraction of sp³-hybridized carbons (Fsp3) is 0.697. The minimum atomic E-state index is -2.81. The van der Waals surface area contributed by atoms with E-state index in [4.69, 9.17) is 9.47 Å². The molecule has 2 heterocycles. The summed E-state index contributed by atoms with van der Waals surface area (Å²) in [7, 11) is 1.56. The van der Waals surface area contributed by atoms with Gasteiger partial charge in [0.1, 0.15) is 17.1 Å². The van der Waals surface area contributed by atoms with Crippen molar-refractivity contribution in [1.82, 2.24) is 10.2 Å². The normalized spacial score (nSPS) is 24.1. The summed E-state index contributed by atoms with van der Waals surface area (Å²) in [6.45, 7) is 3.56. The lowest BCUT2D eigenvalue weighted by Crippen LogP contribution is -2.47. The van der Waals surface area contributed by atoms with Crippen LogP contribution in [0, 0.1) is 17.8 Å². The van der Waals surface area contributed by atoms with Gasteiger partial charge in [-0.3, -0.25) is 24.1 Å². The molecule has 3 fully saturated rings. The van der Waals surface area contributed by atoms with Crippen LogP contribution in [0.2, 0.25) is 0 Å². The first-order chi connectivity index (χ1) is 20.4. The maximum absolute atomic E-state index is 13.8. The number of Topliss-reactive ketones (excluding diaryl/α,β-unsaturated/α-hetero) is 3. The predicted molar refractivity (Wildman–Crippen MR) is 157 cm³/mol. The summed E-state index contributed by atoms with van der Waals surface area (Å²) in [5, 5.41) is 2.86. The number of hydrogen-bond acceptors (Lipinski definition) is 7. The Kier molecular flexibility index (Phi) is 11.1. The smallest absolute Gasteiger partial charge is 0.260 e. The number of alkyl halides is 2. The van der Waals surface area contributed by atoms with Gasteiger partial charge in [0.05, 0.1) is 32.8 Å². The number of rotatable bonds is 16. The van der Waals surface area contributed by atoms with Crippen LogP contribution in [-0.4, -0.2) is 79.1 Å². The van der Waals surface area contributed by atoms with Gasteiger partial charge in [-0.25, -0.2) is 8.78 Å². The van der Waals surface area contributed by atoms with Crippen molar-refractivity contribution >= 4 is 23.3 Å². The van der Waals surface area contributed by atoms with Crippen molar-refractivity contribution in [3.8, 4) is 5.75 Å². The van der Waals surface area contributed by atoms with Gasteiger partial charge >= 0.3 is 0 Å². The van der Waals surface area contributed by atoms with E-state index in [1.54, 1.807) is 33.1 Å². The molecule has 10 heteroatoms. The van der Waals surface area contributed by atoms with Gasteiger partial charge in [-0.2, -0.15) is 0 Å². The molecule has 238 valence electrons. The molecule has 0 bridgehead atoms. The van der Waals surface area contributed by atoms with Gasteiger partial charge < -0.3 is 14.8 Å². The molecule has 0 radical (unpaired) electrons. The van der Waals surface area contributed by atoms with E-state index in [0.717, 1.165) is 31.2 Å². The van der Waals surface area contributed by atoms with Crippen LogP contribution in [0.1, 0.15) is 77.2 Å². The van der Waals surface area contributed by atoms with Crippen LogP contribution in [0.4, 0.5) is 8.78 Å². The van der Waals surface area contributed by atoms with E-state index < -0.39 is 41.9 Å². The number of ether oxygens (including phenoxy) is 2. The predicted octanol–water partition coefficient (Wildman–Crippen LogP) is 4.56. The van der Waals surface area contributed by atoms with Gasteiger partial charge in [-0.1, -0.05) is 44.7 Å². The number of methoxy groups -OCH3 is 1. The van der Waals surface area contributed by atoms with Crippen molar-refractivity contribution < 1.29 is 37.4 Å². The highest BCUT2D eigenvalue weighted by molar-refractivity contribution is 5.97. The highest BCUT2D eigenvalue weighted by Crippen LogP contribution is 2.37. The number of carbonyl (C=O) groups is 4. The number of carbonyl (C=O) groups excluding carboxylic acids is 4. The van der Waals surface area contributed by atoms with Crippen molar-refractivity contribution in [2.24, 2.45) is 17.8 Å². The lowest BCUT2D eigenvalue weighted by atomic mass is 9.81. The highest BCUT2D eigenvalue weighted by Gasteiger charge is 2.50. The second-order valence-corrected chi connectivity index (χ2v) is 13.1. The van der Waals surface area contributed by atoms with Gasteiger partial charge in [0.15, 0.2) is 11.6 Å². The molecule has 1 amide bonds. The molecule has 1 N–H and O–H groups in total. The SMILES string of the molecule is COc1ccc(CC(NC(=O)C(C)CC(=O)CN2CCCC(F)(F)C2)C(=O)CC(CC2CCCC2)C(=O)C2(C)CO2)cc1. The quantitative estimate of drug-likeness (QED) is 0.276. The lowest BCUT2D eigenvalue weighted by Gasteiger charge is -2.32. The number of ketones is 3. The van der Waals surface area contributed by atoms with E-state index in [0.29, 0.717) is 37.7 Å². The molecule has 2 aliphatic heterocycles. The lowest BCUT2D eigenvalue weighted by molar-refractivity contribution is -0.135. The van der Waals surface area contributed by atoms with Crippen LogP contribution in [0.15, 0.2) is 24.3 Å². The fourth-order valence-corrected chi connectivity index (χ4v) is 6.49. The zero-order valence-electron chi connectivity index (χ0n) is 25.7. The van der Waals surface area contributed by atoms with Crippen molar-refractivity contribution in [1.29, 1.82) is 0 Å². The summed E-state index contributed by atoms with van der Waals surface area (Å²) in [4.78, 5) is 54.7. The number of benzene rings is 1. The zero-order chi connectivity index (χ0) is 31.2. The number of epoxide rings is 1. The summed E-state index contributed by atoms with van der Waals surface area (Å²) in [6.07, 6.45) is 5.22. The van der Waals surface area contributed by atoms with Gasteiger partial charge in [0, 0.05) is 31.1 Å². The summed E-state index contributed by atoms with van der Waals surface area (Å²) < 4.78 is 38.2. The molecule has 1 aromatic rings. The summed E-state index contributed by atoms with van der Waals surface area (Å²) >= 11 is 0. The van der Waals surface area contributed by atoms with E-state index in [1.165, 1.54) is 4.90 Å². The van der Waals surface area contributed by atoms with Crippen LogP contribution in [-0.2, 0) is 30.3 Å². The first-order valence-corrected chi connectivity index (χ1v) is 15.6. The fourth-order valence-electron chi connectivity index (χ4n) is 6.49. The van der Waals surface area contributed by atoms with Crippen LogP contribution in [0.5, 0.6) is 5.75 Å². The molecule has 2 saturated heterocycles. The molecular formula is C33H46F2N2O6. The van der Waals surface area contributed by atoms with Gasteiger partial charge in [0.25, 0.3) is 5.92 Å². The third kappa shape index (κ3) is 9.63. The molecule has 3 aliphatic rings. The molecule has 0 aromatic heterocycles. The van der Waals surface area contributed by atoms with Gasteiger partial charge in [0.2, 0.25) is 5.91 Å². The number of piperidine rings is 1. The third-order valence-corrected chi connectivity index (χ3v) is 9.17. The minimum absolute atomic E-state index is 0.00582. The van der Waals surface area contributed by atoms with E-state index in [9.17, 15) is 28.0 Å². The van der Waals surface area contributed by atoms with Crippen molar-refractivity contribution in [3.05, 3.63) is 29.8 Å². The monoisotopic (exact) mass is 604 g/mol. The summed E-state index contributed by atoms with van der Waals surface area (Å²) in [5.41, 5.74) is -0.0313. The van der Waals surface area contributed by atoms with E-state index in [1.807, 2.05) is 12.1 Å². The van der Waals surface area contributed by atoms with Crippen LogP contribution >= 0.6 is 0 Å². The molecule has 4 rings (SSSR count). The second-order valence-electron chi connectivity index (χ2n) is 13.1. The molecule has 1 saturated carbocycles. The summed E-state index contributed by atoms with van der Waals surface area (Å²) in [5.74, 6) is -4.03. The second kappa shape index (κ2) is 14.4. The van der Waals surface area contributed by atoms with Crippen LogP contribution in [0.25, 0.3) is 0 Å². The van der Waals surface area contributed by atoms with Gasteiger partial charge in [-0.15, -0.1) is 0 Å². The average molecular weight is 605 g/mol. The Bertz CT molecular complexity index is 1150. The largest absolute Gasteiger partial charge is 0.497 e. The van der Waals surface area contributed by atoms with Crippen molar-refractivity contribution in [2.75, 3.05) is 33.4 Å². The number of halogens is 2. The Morgan fingerprint density at radius 2 is 1.77 bits per heavy atom. The standard InChI is InChI=1S/C33H46F2N2O6/c1-22(15-26(38)19-37-14-6-13-33(34,35)20-37)31(41)36-28(17-24-9-11-27(42-3)12-10-24)29(39)18-25(16-23-7-4-5-8-23)30(40)32(2)21-43-32/h9-12,22-23,25,28H,4-8,13-21H2,1-3H3,(H,36,41). The van der Waals surface area contributed by atoms with Gasteiger partial charge in [-0.05, 0) is 56.3 Å². The maximum Gasteiger partial charge on any atom is 0.260 e. The molecule has 4 atom stereocenters. The molecule has 1 aromatic carbocycles. The van der Waals surface area contributed by atoms with Crippen LogP contribution < -0.4 is 10.1 Å². The topological polar surface area (TPSA) is 105 Å². The Hall–Kier alpha value is -2.72. The number of nitrogens with zero attached hydrogens (tertiary/aromatic N) is 1. The summed E-state index contributed by atoms with van der Waals surface area (Å²) in [6, 6.07) is 6.31. The maximum atomic E-state index is 13.8. The Labute approximate surface area is 253 Å². The van der Waals surface area contributed by atoms with Crippen molar-refractivity contribution in [3.63, 3.8) is 0 Å². The number of amides is 1. The Morgan fingerprint density at radius 3 is 2.37 bits per heavy atom. The zero-order valence-corrected chi connectivity index (χ0v) is 25.7. The third-order valence-electron chi connectivity index (χ3n) is 9.17. The molecular weight excluding hydrogens is 558 g/mol. The molecule has 43 heavy (non-hydrogen) atoms. The molecule has 1 aliphatic carbocycles. The molecule has 8 nitrogen and oxygen atoms in total. The first-order valence-electron chi connectivity index (χ1n) is 15.6.